The van der Waals surface area contributed by atoms with Gasteiger partial charge >= 0.3 is 0 Å². The van der Waals surface area contributed by atoms with Crippen LogP contribution in [0.4, 0.5) is 0 Å². The van der Waals surface area contributed by atoms with Crippen LogP contribution < -0.4 is 10.0 Å². The second-order valence-corrected chi connectivity index (χ2v) is 8.43. The Kier molecular flexibility index (Phi) is 7.68. The van der Waals surface area contributed by atoms with Crippen molar-refractivity contribution in [3.63, 3.8) is 0 Å². The molecule has 2 aliphatic rings. The number of rotatable bonds is 5. The monoisotopic (exact) mass is 494 g/mol. The number of likely N-dealkylation sites (tertiary alicyclic amines) is 1. The second kappa shape index (κ2) is 9.34. The van der Waals surface area contributed by atoms with Crippen molar-refractivity contribution < 1.29 is 13.2 Å². The van der Waals surface area contributed by atoms with E-state index in [0.29, 0.717) is 13.1 Å². The quantitative estimate of drug-likeness (QED) is 0.279. The zero-order valence-corrected chi connectivity index (χ0v) is 18.1. The molecule has 2 fully saturated rings. The van der Waals surface area contributed by atoms with Crippen LogP contribution in [0.2, 0.25) is 0 Å². The number of hydrogen-bond acceptors (Lipinski definition) is 4. The molecule has 26 heavy (non-hydrogen) atoms. The average molecular weight is 494 g/mol. The van der Waals surface area contributed by atoms with Crippen LogP contribution in [-0.4, -0.2) is 65.7 Å². The first-order valence-electron chi connectivity index (χ1n) is 8.63. The minimum absolute atomic E-state index is 0. The molecule has 1 unspecified atom stereocenters. The summed E-state index contributed by atoms with van der Waals surface area (Å²) in [5.74, 6) is 0.822. The first-order chi connectivity index (χ1) is 12.0. The summed E-state index contributed by atoms with van der Waals surface area (Å²) < 4.78 is 32.5. The molecule has 2 heterocycles. The van der Waals surface area contributed by atoms with E-state index in [4.69, 9.17) is 4.74 Å². The zero-order chi connectivity index (χ0) is 17.8. The lowest BCUT2D eigenvalue weighted by Crippen LogP contribution is -2.44. The summed E-state index contributed by atoms with van der Waals surface area (Å²) in [5, 5.41) is 3.25. The van der Waals surface area contributed by atoms with Crippen molar-refractivity contribution in [3.8, 4) is 0 Å². The number of aliphatic imine (C=N–C) groups is 1. The van der Waals surface area contributed by atoms with Gasteiger partial charge in [-0.05, 0) is 25.0 Å². The molecule has 1 aromatic carbocycles. The van der Waals surface area contributed by atoms with Crippen LogP contribution in [0.1, 0.15) is 12.8 Å². The molecule has 1 atom stereocenters. The van der Waals surface area contributed by atoms with Gasteiger partial charge in [-0.15, -0.1) is 24.0 Å². The fourth-order valence-electron chi connectivity index (χ4n) is 3.46. The van der Waals surface area contributed by atoms with E-state index in [1.807, 2.05) is 0 Å². The molecule has 0 amide bonds. The maximum Gasteiger partial charge on any atom is 0.240 e. The molecule has 2 N–H and O–H groups in total. The smallest absolute Gasteiger partial charge is 0.240 e. The Morgan fingerprint density at radius 3 is 2.69 bits per heavy atom. The SMILES string of the molecule is CN=C(NCCNS(=O)(=O)c1ccccc1)N1CCC2(CCOC2)C1.I. The van der Waals surface area contributed by atoms with E-state index >= 15 is 0 Å². The van der Waals surface area contributed by atoms with Gasteiger partial charge in [-0.25, -0.2) is 13.1 Å². The maximum absolute atomic E-state index is 12.2. The summed E-state index contributed by atoms with van der Waals surface area (Å²) in [6.07, 6.45) is 2.23. The Bertz CT molecular complexity index is 706. The highest BCUT2D eigenvalue weighted by atomic mass is 127. The first-order valence-corrected chi connectivity index (χ1v) is 10.1. The summed E-state index contributed by atoms with van der Waals surface area (Å²) in [7, 11) is -1.71. The molecule has 9 heteroatoms. The Morgan fingerprint density at radius 2 is 2.04 bits per heavy atom. The third-order valence-corrected chi connectivity index (χ3v) is 6.37. The molecule has 3 rings (SSSR count). The number of sulfonamides is 1. The van der Waals surface area contributed by atoms with Crippen molar-refractivity contribution in [3.05, 3.63) is 30.3 Å². The molecule has 0 radical (unpaired) electrons. The molecular formula is C17H27IN4O3S. The number of guanidine groups is 1. The van der Waals surface area contributed by atoms with E-state index < -0.39 is 10.0 Å². The molecule has 1 aromatic rings. The van der Waals surface area contributed by atoms with Crippen LogP contribution in [0.5, 0.6) is 0 Å². The normalized spacial score (nSPS) is 23.3. The van der Waals surface area contributed by atoms with Gasteiger partial charge in [-0.2, -0.15) is 0 Å². The lowest BCUT2D eigenvalue weighted by Gasteiger charge is -2.25. The Morgan fingerprint density at radius 1 is 1.27 bits per heavy atom. The van der Waals surface area contributed by atoms with Crippen LogP contribution >= 0.6 is 24.0 Å². The summed E-state index contributed by atoms with van der Waals surface area (Å²) in [5.41, 5.74) is 0.270. The van der Waals surface area contributed by atoms with Crippen LogP contribution in [-0.2, 0) is 14.8 Å². The number of nitrogens with one attached hydrogen (secondary N) is 2. The van der Waals surface area contributed by atoms with Gasteiger partial charge < -0.3 is 15.0 Å². The highest BCUT2D eigenvalue weighted by molar-refractivity contribution is 14.0. The summed E-state index contributed by atoms with van der Waals surface area (Å²) in [6, 6.07) is 8.39. The van der Waals surface area contributed by atoms with Crippen molar-refractivity contribution in [1.82, 2.24) is 14.9 Å². The van der Waals surface area contributed by atoms with Crippen LogP contribution in [0.3, 0.4) is 0 Å². The summed E-state index contributed by atoms with van der Waals surface area (Å²) >= 11 is 0. The van der Waals surface area contributed by atoms with Gasteiger partial charge in [0, 0.05) is 45.2 Å². The number of ether oxygens (including phenoxy) is 1. The molecule has 2 saturated heterocycles. The van der Waals surface area contributed by atoms with Gasteiger partial charge in [0.1, 0.15) is 0 Å². The van der Waals surface area contributed by atoms with E-state index in [-0.39, 0.29) is 34.3 Å². The fraction of sp³-hybridized carbons (Fsp3) is 0.588. The number of benzene rings is 1. The Balaban J connectivity index is 0.00000243. The van der Waals surface area contributed by atoms with Gasteiger partial charge in [0.25, 0.3) is 0 Å². The summed E-state index contributed by atoms with van der Waals surface area (Å²) in [6.45, 7) is 4.37. The van der Waals surface area contributed by atoms with Crippen LogP contribution in [0, 0.1) is 5.41 Å². The van der Waals surface area contributed by atoms with E-state index in [1.54, 1.807) is 37.4 Å². The standard InChI is InChI=1S/C17H26N4O3S.HI/c1-18-16(21-11-7-17(13-21)8-12-24-14-17)19-9-10-20-25(22,23)15-5-3-2-4-6-15;/h2-6,20H,7-14H2,1H3,(H,18,19);1H. The number of halogens is 1. The lowest BCUT2D eigenvalue weighted by atomic mass is 9.87. The number of nitrogens with zero attached hydrogens (tertiary/aromatic N) is 2. The number of hydrogen-bond donors (Lipinski definition) is 2. The average Bonchev–Trinajstić information content (AvgIpc) is 3.26. The van der Waals surface area contributed by atoms with Crippen molar-refractivity contribution in [2.45, 2.75) is 17.7 Å². The highest BCUT2D eigenvalue weighted by Gasteiger charge is 2.42. The molecular weight excluding hydrogens is 467 g/mol. The van der Waals surface area contributed by atoms with E-state index in [9.17, 15) is 8.42 Å². The molecule has 0 aliphatic carbocycles. The molecule has 2 aliphatic heterocycles. The van der Waals surface area contributed by atoms with E-state index in [1.165, 1.54) is 0 Å². The first kappa shape index (κ1) is 21.4. The Hall–Kier alpha value is -0.910. The van der Waals surface area contributed by atoms with Crippen molar-refractivity contribution in [1.29, 1.82) is 0 Å². The predicted octanol–water partition coefficient (Wildman–Crippen LogP) is 1.27. The third-order valence-electron chi connectivity index (χ3n) is 4.89. The van der Waals surface area contributed by atoms with Crippen molar-refractivity contribution in [2.75, 3.05) is 46.4 Å². The molecule has 146 valence electrons. The molecule has 7 nitrogen and oxygen atoms in total. The molecule has 0 bridgehead atoms. The molecule has 0 saturated carbocycles. The van der Waals surface area contributed by atoms with Gasteiger partial charge in [0.2, 0.25) is 10.0 Å². The van der Waals surface area contributed by atoms with Gasteiger partial charge in [0.05, 0.1) is 11.5 Å². The van der Waals surface area contributed by atoms with Gasteiger partial charge in [-0.3, -0.25) is 4.99 Å². The van der Waals surface area contributed by atoms with E-state index in [0.717, 1.165) is 45.1 Å². The fourth-order valence-corrected chi connectivity index (χ4v) is 4.52. The summed E-state index contributed by atoms with van der Waals surface area (Å²) in [4.78, 5) is 6.85. The van der Waals surface area contributed by atoms with Gasteiger partial charge in [-0.1, -0.05) is 18.2 Å². The predicted molar refractivity (Wildman–Crippen MR) is 112 cm³/mol. The zero-order valence-electron chi connectivity index (χ0n) is 15.0. The minimum atomic E-state index is -3.46. The second-order valence-electron chi connectivity index (χ2n) is 6.66. The largest absolute Gasteiger partial charge is 0.381 e. The van der Waals surface area contributed by atoms with Crippen molar-refractivity contribution in [2.24, 2.45) is 10.4 Å². The lowest BCUT2D eigenvalue weighted by molar-refractivity contribution is 0.156. The third kappa shape index (κ3) is 5.08. The van der Waals surface area contributed by atoms with E-state index in [2.05, 4.69) is 19.9 Å². The van der Waals surface area contributed by atoms with Crippen LogP contribution in [0.15, 0.2) is 40.2 Å². The topological polar surface area (TPSA) is 83.0 Å². The maximum atomic E-state index is 12.2. The minimum Gasteiger partial charge on any atom is -0.381 e. The molecule has 1 spiro atoms. The van der Waals surface area contributed by atoms with Crippen molar-refractivity contribution >= 4 is 40.0 Å². The molecule has 0 aromatic heterocycles. The highest BCUT2D eigenvalue weighted by Crippen LogP contribution is 2.38. The van der Waals surface area contributed by atoms with Gasteiger partial charge in [0.15, 0.2) is 5.96 Å². The van der Waals surface area contributed by atoms with Crippen LogP contribution in [0.25, 0.3) is 0 Å². The Labute approximate surface area is 172 Å².